The standard InChI is InChI=1S/C20H20FN3O2/c1-2-23-8-10-24(11-9-23)20(25)15-6-7-18-17(13-15)22-19(26-18)14-4-3-5-16(21)12-14/h3-7,12-13H,2,8-11H2,1H3. The van der Waals surface area contributed by atoms with Crippen LogP contribution >= 0.6 is 0 Å². The highest BCUT2D eigenvalue weighted by Gasteiger charge is 2.22. The van der Waals surface area contributed by atoms with Gasteiger partial charge in [0.1, 0.15) is 11.3 Å². The van der Waals surface area contributed by atoms with Gasteiger partial charge in [0.15, 0.2) is 5.58 Å². The maximum atomic E-state index is 13.4. The zero-order valence-corrected chi connectivity index (χ0v) is 14.6. The van der Waals surface area contributed by atoms with Crippen molar-refractivity contribution in [2.24, 2.45) is 0 Å². The van der Waals surface area contributed by atoms with E-state index in [0.717, 1.165) is 32.7 Å². The highest BCUT2D eigenvalue weighted by Crippen LogP contribution is 2.25. The molecule has 0 aliphatic carbocycles. The molecule has 0 N–H and O–H groups in total. The van der Waals surface area contributed by atoms with E-state index in [4.69, 9.17) is 4.42 Å². The van der Waals surface area contributed by atoms with E-state index in [0.29, 0.717) is 28.1 Å². The molecule has 0 spiro atoms. The Kier molecular flexibility index (Phi) is 4.42. The number of nitrogens with zero attached hydrogens (tertiary/aromatic N) is 3. The number of halogens is 1. The monoisotopic (exact) mass is 353 g/mol. The van der Waals surface area contributed by atoms with Crippen LogP contribution in [0.2, 0.25) is 0 Å². The molecule has 1 aromatic heterocycles. The molecule has 0 saturated carbocycles. The summed E-state index contributed by atoms with van der Waals surface area (Å²) < 4.78 is 19.1. The fourth-order valence-corrected chi connectivity index (χ4v) is 3.26. The number of amides is 1. The van der Waals surface area contributed by atoms with Crippen molar-refractivity contribution in [1.82, 2.24) is 14.8 Å². The molecule has 134 valence electrons. The SMILES string of the molecule is CCN1CCN(C(=O)c2ccc3oc(-c4cccc(F)c4)nc3c2)CC1. The van der Waals surface area contributed by atoms with Crippen LogP contribution in [0.25, 0.3) is 22.6 Å². The van der Waals surface area contributed by atoms with E-state index in [1.165, 1.54) is 12.1 Å². The maximum Gasteiger partial charge on any atom is 0.254 e. The van der Waals surface area contributed by atoms with Crippen LogP contribution in [0.1, 0.15) is 17.3 Å². The van der Waals surface area contributed by atoms with Gasteiger partial charge in [-0.05, 0) is 42.9 Å². The molecular weight excluding hydrogens is 333 g/mol. The number of hydrogen-bond donors (Lipinski definition) is 0. The molecule has 1 fully saturated rings. The van der Waals surface area contributed by atoms with E-state index in [9.17, 15) is 9.18 Å². The minimum Gasteiger partial charge on any atom is -0.436 e. The lowest BCUT2D eigenvalue weighted by atomic mass is 10.1. The number of piperazine rings is 1. The van der Waals surface area contributed by atoms with E-state index in [-0.39, 0.29) is 11.7 Å². The van der Waals surface area contributed by atoms with Crippen molar-refractivity contribution in [3.63, 3.8) is 0 Å². The second-order valence-corrected chi connectivity index (χ2v) is 6.44. The zero-order chi connectivity index (χ0) is 18.1. The second kappa shape index (κ2) is 6.88. The first-order chi connectivity index (χ1) is 12.6. The highest BCUT2D eigenvalue weighted by molar-refractivity contribution is 5.97. The van der Waals surface area contributed by atoms with Gasteiger partial charge in [0.25, 0.3) is 5.91 Å². The Morgan fingerprint density at radius 2 is 1.96 bits per heavy atom. The molecule has 2 aromatic carbocycles. The van der Waals surface area contributed by atoms with Gasteiger partial charge in [-0.2, -0.15) is 0 Å². The van der Waals surface area contributed by atoms with Crippen molar-refractivity contribution in [3.8, 4) is 11.5 Å². The Bertz CT molecular complexity index is 945. The van der Waals surface area contributed by atoms with Gasteiger partial charge in [-0.15, -0.1) is 0 Å². The van der Waals surface area contributed by atoms with E-state index in [1.807, 2.05) is 4.90 Å². The van der Waals surface area contributed by atoms with Crippen LogP contribution in [0.4, 0.5) is 4.39 Å². The maximum absolute atomic E-state index is 13.4. The van der Waals surface area contributed by atoms with Crippen LogP contribution in [-0.2, 0) is 0 Å². The number of benzene rings is 2. The van der Waals surface area contributed by atoms with Gasteiger partial charge in [-0.25, -0.2) is 9.37 Å². The molecule has 0 unspecified atom stereocenters. The number of aromatic nitrogens is 1. The van der Waals surface area contributed by atoms with Gasteiger partial charge in [-0.3, -0.25) is 4.79 Å². The minimum atomic E-state index is -0.341. The fourth-order valence-electron chi connectivity index (χ4n) is 3.26. The first kappa shape index (κ1) is 16.7. The minimum absolute atomic E-state index is 0.0120. The average molecular weight is 353 g/mol. The third kappa shape index (κ3) is 3.20. The van der Waals surface area contributed by atoms with Gasteiger partial charge in [0.2, 0.25) is 5.89 Å². The van der Waals surface area contributed by atoms with Gasteiger partial charge in [0, 0.05) is 37.3 Å². The molecular formula is C20H20FN3O2. The lowest BCUT2D eigenvalue weighted by molar-refractivity contribution is 0.0643. The summed E-state index contributed by atoms with van der Waals surface area (Å²) in [7, 11) is 0. The molecule has 2 heterocycles. The van der Waals surface area contributed by atoms with E-state index in [2.05, 4.69) is 16.8 Å². The van der Waals surface area contributed by atoms with Crippen molar-refractivity contribution in [1.29, 1.82) is 0 Å². The molecule has 0 bridgehead atoms. The third-order valence-electron chi connectivity index (χ3n) is 4.81. The number of likely N-dealkylation sites (N-methyl/N-ethyl adjacent to an activating group) is 1. The van der Waals surface area contributed by atoms with Gasteiger partial charge in [-0.1, -0.05) is 13.0 Å². The quantitative estimate of drug-likeness (QED) is 0.724. The first-order valence-corrected chi connectivity index (χ1v) is 8.82. The summed E-state index contributed by atoms with van der Waals surface area (Å²) in [6.45, 7) is 6.41. The summed E-state index contributed by atoms with van der Waals surface area (Å²) in [6.07, 6.45) is 0. The number of hydrogen-bond acceptors (Lipinski definition) is 4. The van der Waals surface area contributed by atoms with Crippen LogP contribution in [0.15, 0.2) is 46.9 Å². The normalized spacial score (nSPS) is 15.5. The number of fused-ring (bicyclic) bond motifs is 1. The van der Waals surface area contributed by atoms with Crippen molar-refractivity contribution >= 4 is 17.0 Å². The van der Waals surface area contributed by atoms with E-state index >= 15 is 0 Å². The predicted molar refractivity (Wildman–Crippen MR) is 97.4 cm³/mol. The number of rotatable bonds is 3. The summed E-state index contributed by atoms with van der Waals surface area (Å²) >= 11 is 0. The van der Waals surface area contributed by atoms with Crippen molar-refractivity contribution in [2.45, 2.75) is 6.92 Å². The Balaban J connectivity index is 1.59. The summed E-state index contributed by atoms with van der Waals surface area (Å²) in [5.74, 6) is 0.0189. The second-order valence-electron chi connectivity index (χ2n) is 6.44. The topological polar surface area (TPSA) is 49.6 Å². The third-order valence-corrected chi connectivity index (χ3v) is 4.81. The Morgan fingerprint density at radius 3 is 2.69 bits per heavy atom. The van der Waals surface area contributed by atoms with Gasteiger partial charge in [0.05, 0.1) is 0 Å². The van der Waals surface area contributed by atoms with Crippen molar-refractivity contribution in [3.05, 3.63) is 53.8 Å². The van der Waals surface area contributed by atoms with E-state index < -0.39 is 0 Å². The summed E-state index contributed by atoms with van der Waals surface area (Å²) in [4.78, 5) is 21.4. The number of carbonyl (C=O) groups is 1. The van der Waals surface area contributed by atoms with Crippen molar-refractivity contribution in [2.75, 3.05) is 32.7 Å². The molecule has 6 heteroatoms. The van der Waals surface area contributed by atoms with Gasteiger partial charge >= 0.3 is 0 Å². The Morgan fingerprint density at radius 1 is 1.15 bits per heavy atom. The highest BCUT2D eigenvalue weighted by atomic mass is 19.1. The molecule has 1 aliphatic heterocycles. The molecule has 1 amide bonds. The lowest BCUT2D eigenvalue weighted by Crippen LogP contribution is -2.48. The molecule has 26 heavy (non-hydrogen) atoms. The molecule has 5 nitrogen and oxygen atoms in total. The molecule has 0 atom stereocenters. The fraction of sp³-hybridized carbons (Fsp3) is 0.300. The molecule has 1 aliphatic rings. The Hall–Kier alpha value is -2.73. The van der Waals surface area contributed by atoms with Gasteiger partial charge < -0.3 is 14.2 Å². The summed E-state index contributed by atoms with van der Waals surface area (Å²) in [5, 5.41) is 0. The van der Waals surface area contributed by atoms with Crippen LogP contribution in [0, 0.1) is 5.82 Å². The average Bonchev–Trinajstić information content (AvgIpc) is 3.11. The smallest absolute Gasteiger partial charge is 0.254 e. The molecule has 0 radical (unpaired) electrons. The van der Waals surface area contributed by atoms with Crippen LogP contribution in [-0.4, -0.2) is 53.4 Å². The molecule has 1 saturated heterocycles. The van der Waals surface area contributed by atoms with Crippen molar-refractivity contribution < 1.29 is 13.6 Å². The van der Waals surface area contributed by atoms with E-state index in [1.54, 1.807) is 30.3 Å². The number of carbonyl (C=O) groups excluding carboxylic acids is 1. The summed E-state index contributed by atoms with van der Waals surface area (Å²) in [6, 6.07) is 11.4. The predicted octanol–water partition coefficient (Wildman–Crippen LogP) is 3.41. The van der Waals surface area contributed by atoms with Crippen LogP contribution in [0.3, 0.4) is 0 Å². The number of oxazole rings is 1. The Labute approximate surface area is 151 Å². The zero-order valence-electron chi connectivity index (χ0n) is 14.6. The van der Waals surface area contributed by atoms with Crippen LogP contribution < -0.4 is 0 Å². The molecule has 3 aromatic rings. The largest absolute Gasteiger partial charge is 0.436 e. The van der Waals surface area contributed by atoms with Crippen LogP contribution in [0.5, 0.6) is 0 Å². The molecule has 4 rings (SSSR count). The first-order valence-electron chi connectivity index (χ1n) is 8.82. The summed E-state index contributed by atoms with van der Waals surface area (Å²) in [5.41, 5.74) is 2.35. The lowest BCUT2D eigenvalue weighted by Gasteiger charge is -2.34.